The fourth-order valence-electron chi connectivity index (χ4n) is 1.42. The van der Waals surface area contributed by atoms with Crippen LogP contribution in [0, 0.1) is 0 Å². The number of rotatable bonds is 2. The van der Waals surface area contributed by atoms with E-state index < -0.39 is 0 Å². The van der Waals surface area contributed by atoms with Crippen LogP contribution in [0.15, 0.2) is 28.7 Å². The Morgan fingerprint density at radius 3 is 2.62 bits per heavy atom. The normalized spacial score (nSPS) is 19.0. The largest absolute Gasteiger partial charge is 0.396 e. The van der Waals surface area contributed by atoms with Gasteiger partial charge in [0, 0.05) is 23.7 Å². The molecule has 1 atom stereocenters. The fraction of sp³-hybridized carbons (Fsp3) is 0.500. The van der Waals surface area contributed by atoms with Crippen molar-refractivity contribution in [1.29, 1.82) is 0 Å². The number of hydrogen-bond acceptors (Lipinski definition) is 2. The molecule has 2 rings (SSSR count). The van der Waals surface area contributed by atoms with Crippen molar-refractivity contribution in [2.24, 2.45) is 0 Å². The highest BCUT2D eigenvalue weighted by Crippen LogP contribution is 2.15. The second kappa shape index (κ2) is 7.88. The molecule has 1 aromatic carbocycles. The molecule has 0 amide bonds. The predicted octanol–water partition coefficient (Wildman–Crippen LogP) is 2.28. The summed E-state index contributed by atoms with van der Waals surface area (Å²) in [4.78, 5) is 0. The lowest BCUT2D eigenvalue weighted by Crippen LogP contribution is -2.01. The zero-order valence-corrected chi connectivity index (χ0v) is 10.8. The molecule has 1 fully saturated rings. The lowest BCUT2D eigenvalue weighted by molar-refractivity contribution is 0.168. The van der Waals surface area contributed by atoms with Crippen LogP contribution in [0.4, 0.5) is 0 Å². The Bertz CT molecular complexity index is 301. The molecular weight excluding hydrogens is 267 g/mol. The number of ether oxygens (including phenoxy) is 1. The Kier molecular flexibility index (Phi) is 6.77. The summed E-state index contributed by atoms with van der Waals surface area (Å²) in [5.74, 6) is 0. The molecule has 1 unspecified atom stereocenters. The van der Waals surface area contributed by atoms with E-state index in [2.05, 4.69) is 15.9 Å². The monoisotopic (exact) mass is 282 g/mol. The average Bonchev–Trinajstić information content (AvgIpc) is 2.74. The van der Waals surface area contributed by atoms with Crippen LogP contribution in [0.2, 0.25) is 0 Å². The van der Waals surface area contributed by atoms with Crippen molar-refractivity contribution in [1.82, 2.24) is 0 Å². The first kappa shape index (κ1) is 13.7. The van der Waals surface area contributed by atoms with Gasteiger partial charge in [-0.15, -0.1) is 0 Å². The third-order valence-corrected chi connectivity index (χ3v) is 3.08. The Morgan fingerprint density at radius 2 is 2.19 bits per heavy atom. The highest BCUT2D eigenvalue weighted by Gasteiger charge is 2.06. The number of aliphatic hydroxyl groups is 1. The Balaban J connectivity index is 0.000000181. The van der Waals surface area contributed by atoms with Gasteiger partial charge in [-0.1, -0.05) is 34.1 Å². The van der Waals surface area contributed by atoms with Crippen molar-refractivity contribution in [2.75, 3.05) is 13.2 Å². The zero-order valence-electron chi connectivity index (χ0n) is 9.23. The van der Waals surface area contributed by atoms with E-state index in [0.29, 0.717) is 0 Å². The van der Waals surface area contributed by atoms with Crippen molar-refractivity contribution in [3.63, 3.8) is 0 Å². The molecule has 0 aliphatic carbocycles. The number of hydrogen-bond donors (Lipinski definition) is 1. The van der Waals surface area contributed by atoms with Crippen LogP contribution >= 0.6 is 15.9 Å². The minimum Gasteiger partial charge on any atom is -0.396 e. The van der Waals surface area contributed by atoms with Crippen LogP contribution in [0.25, 0.3) is 0 Å². The second-order valence-electron chi connectivity index (χ2n) is 3.62. The van der Waals surface area contributed by atoms with Crippen molar-refractivity contribution in [3.05, 3.63) is 34.3 Å². The van der Waals surface area contributed by atoms with Crippen molar-refractivity contribution >= 4 is 23.8 Å². The van der Waals surface area contributed by atoms with Gasteiger partial charge in [0.1, 0.15) is 7.85 Å². The van der Waals surface area contributed by atoms with E-state index in [1.807, 2.05) is 24.3 Å². The maximum absolute atomic E-state index is 8.62. The number of benzene rings is 1. The van der Waals surface area contributed by atoms with E-state index in [-0.39, 0.29) is 12.6 Å². The van der Waals surface area contributed by atoms with E-state index in [1.54, 1.807) is 0 Å². The summed E-state index contributed by atoms with van der Waals surface area (Å²) in [5, 5.41) is 8.62. The van der Waals surface area contributed by atoms with E-state index in [1.165, 1.54) is 0 Å². The third-order valence-electron chi connectivity index (χ3n) is 2.30. The molecule has 0 spiro atoms. The molecule has 1 aliphatic rings. The summed E-state index contributed by atoms with van der Waals surface area (Å²) in [7, 11) is 5.31. The van der Waals surface area contributed by atoms with Gasteiger partial charge in [-0.3, -0.25) is 0 Å². The molecule has 1 saturated heterocycles. The van der Waals surface area contributed by atoms with Gasteiger partial charge in [0.25, 0.3) is 0 Å². The first-order chi connectivity index (χ1) is 7.74. The van der Waals surface area contributed by atoms with Gasteiger partial charge >= 0.3 is 0 Å². The van der Waals surface area contributed by atoms with E-state index in [0.717, 1.165) is 35.9 Å². The molecule has 86 valence electrons. The van der Waals surface area contributed by atoms with Gasteiger partial charge in [0.2, 0.25) is 0 Å². The second-order valence-corrected chi connectivity index (χ2v) is 4.47. The molecule has 0 saturated carbocycles. The van der Waals surface area contributed by atoms with Crippen molar-refractivity contribution < 1.29 is 9.84 Å². The van der Waals surface area contributed by atoms with E-state index >= 15 is 0 Å². The standard InChI is InChI=1S/C8H9BrO.C4H7BO/c9-8-4-2-1-3-7(8)5-6-10;5-4-2-1-3-6-4/h1-4,10H,5-6H2;4H,1-3H2. The summed E-state index contributed by atoms with van der Waals surface area (Å²) in [6.45, 7) is 1.07. The van der Waals surface area contributed by atoms with Crippen LogP contribution in [0.1, 0.15) is 18.4 Å². The highest BCUT2D eigenvalue weighted by molar-refractivity contribution is 9.10. The third kappa shape index (κ3) is 5.15. The average molecular weight is 283 g/mol. The van der Waals surface area contributed by atoms with Crippen LogP contribution < -0.4 is 0 Å². The smallest absolute Gasteiger partial charge is 0.108 e. The lowest BCUT2D eigenvalue weighted by Gasteiger charge is -1.99. The molecular formula is C12H16BBrO2. The Morgan fingerprint density at radius 1 is 1.44 bits per heavy atom. The molecule has 2 radical (unpaired) electrons. The first-order valence-corrected chi connectivity index (χ1v) is 6.25. The summed E-state index contributed by atoms with van der Waals surface area (Å²) in [6.07, 6.45) is 2.91. The van der Waals surface area contributed by atoms with Gasteiger partial charge in [-0.25, -0.2) is 0 Å². The van der Waals surface area contributed by atoms with Crippen LogP contribution in [-0.2, 0) is 11.2 Å². The van der Waals surface area contributed by atoms with Crippen LogP contribution in [-0.4, -0.2) is 32.2 Å². The Hall–Kier alpha value is -0.315. The maximum atomic E-state index is 8.62. The fourth-order valence-corrected chi connectivity index (χ4v) is 1.91. The molecule has 0 aromatic heterocycles. The maximum Gasteiger partial charge on any atom is 0.108 e. The molecule has 1 heterocycles. The number of halogens is 1. The Labute approximate surface area is 107 Å². The molecule has 4 heteroatoms. The number of aliphatic hydroxyl groups excluding tert-OH is 1. The lowest BCUT2D eigenvalue weighted by atomic mass is 9.98. The van der Waals surface area contributed by atoms with Gasteiger partial charge in [0.15, 0.2) is 0 Å². The summed E-state index contributed by atoms with van der Waals surface area (Å²) < 4.78 is 6.00. The first-order valence-electron chi connectivity index (χ1n) is 5.45. The van der Waals surface area contributed by atoms with Crippen molar-refractivity contribution in [3.8, 4) is 0 Å². The minimum atomic E-state index is 0.0463. The van der Waals surface area contributed by atoms with Gasteiger partial charge in [0.05, 0.1) is 0 Å². The van der Waals surface area contributed by atoms with E-state index in [4.69, 9.17) is 17.7 Å². The SMILES string of the molecule is OCCc1ccccc1Br.[B]C1CCCO1. The molecule has 1 aliphatic heterocycles. The van der Waals surface area contributed by atoms with Crippen LogP contribution in [0.3, 0.4) is 0 Å². The minimum absolute atomic E-state index is 0.0463. The summed E-state index contributed by atoms with van der Waals surface area (Å²) in [6, 6.07) is 7.96. The van der Waals surface area contributed by atoms with Gasteiger partial charge in [-0.2, -0.15) is 0 Å². The quantitative estimate of drug-likeness (QED) is 0.844. The molecule has 1 aromatic rings. The van der Waals surface area contributed by atoms with E-state index in [9.17, 15) is 0 Å². The van der Waals surface area contributed by atoms with Gasteiger partial charge < -0.3 is 9.84 Å². The molecule has 1 N–H and O–H groups in total. The molecule has 16 heavy (non-hydrogen) atoms. The van der Waals surface area contributed by atoms with Crippen LogP contribution in [0.5, 0.6) is 0 Å². The van der Waals surface area contributed by atoms with Gasteiger partial charge in [-0.05, 0) is 30.9 Å². The van der Waals surface area contributed by atoms with Crippen molar-refractivity contribution in [2.45, 2.75) is 25.3 Å². The summed E-state index contributed by atoms with van der Waals surface area (Å²) in [5.41, 5.74) is 1.16. The topological polar surface area (TPSA) is 29.5 Å². The highest BCUT2D eigenvalue weighted by atomic mass is 79.9. The molecule has 2 nitrogen and oxygen atoms in total. The summed E-state index contributed by atoms with van der Waals surface area (Å²) >= 11 is 3.39. The zero-order chi connectivity index (χ0) is 11.8. The predicted molar refractivity (Wildman–Crippen MR) is 69.7 cm³/mol. The molecule has 0 bridgehead atoms.